The number of benzene rings is 3. The van der Waals surface area contributed by atoms with Crippen molar-refractivity contribution < 1.29 is 197 Å². The predicted octanol–water partition coefficient (Wildman–Crippen LogP) is 31.5. The molecule has 0 heterocycles. The number of unbranched alkanes of at least 4 members (excludes halogenated alkanes) is 32. The Morgan fingerprint density at radius 3 is 0.545 bits per heavy atom. The maximum atomic E-state index is 14.0. The normalized spacial score (nSPS) is 14.4. The number of rotatable bonds is 72. The zero-order valence-electron chi connectivity index (χ0n) is 72.5. The molecule has 0 aliphatic rings. The first-order valence-corrected chi connectivity index (χ1v) is 44.2. The molecule has 3 aromatic rings. The van der Waals surface area contributed by atoms with E-state index in [0.717, 1.165) is 0 Å². The first-order chi connectivity index (χ1) is 60.9. The van der Waals surface area contributed by atoms with Crippen LogP contribution >= 0.6 is 0 Å². The summed E-state index contributed by atoms with van der Waals surface area (Å²) in [6.45, 7) is -1.95. The van der Waals surface area contributed by atoms with Crippen molar-refractivity contribution in [3.05, 3.63) is 60.7 Å². The van der Waals surface area contributed by atoms with Gasteiger partial charge < -0.3 is 39.4 Å². The Morgan fingerprint density at radius 2 is 0.364 bits per heavy atom. The molecule has 3 rings (SSSR count). The molecule has 44 heteroatoms. The zero-order valence-corrected chi connectivity index (χ0v) is 72.5. The van der Waals surface area contributed by atoms with Gasteiger partial charge in [-0.2, -0.15) is 158 Å². The third kappa shape index (κ3) is 35.6. The minimum absolute atomic E-state index is 0.0800. The van der Waals surface area contributed by atoms with Crippen molar-refractivity contribution in [2.45, 2.75) is 390 Å². The lowest BCUT2D eigenvalue weighted by Gasteiger charge is -2.33. The summed E-state index contributed by atoms with van der Waals surface area (Å²) in [5.74, 6) is -77.0. The summed E-state index contributed by atoms with van der Waals surface area (Å²) in [6.07, 6.45) is -25.0. The summed E-state index contributed by atoms with van der Waals surface area (Å²) >= 11 is 0. The van der Waals surface area contributed by atoms with Crippen LogP contribution in [0.3, 0.4) is 0 Å². The number of alkyl halides is 36. The van der Waals surface area contributed by atoms with Crippen LogP contribution in [-0.2, 0) is 0 Å². The first kappa shape index (κ1) is 120. The van der Waals surface area contributed by atoms with Crippen LogP contribution in [0.2, 0.25) is 0 Å². The molecule has 770 valence electrons. The maximum absolute atomic E-state index is 14.0. The summed E-state index contributed by atoms with van der Waals surface area (Å²) in [6, 6.07) is 16.9. The number of ether oxygens (including phenoxy) is 4. The fourth-order valence-electron chi connectivity index (χ4n) is 14.5. The Hall–Kier alpha value is -5.82. The number of hydrogen-bond donors (Lipinski definition) is 4. The van der Waals surface area contributed by atoms with Gasteiger partial charge >= 0.3 is 95.8 Å². The van der Waals surface area contributed by atoms with Crippen LogP contribution in [0.25, 0.3) is 22.3 Å². The van der Waals surface area contributed by atoms with Crippen LogP contribution in [0.5, 0.6) is 23.0 Å². The highest BCUT2D eigenvalue weighted by Crippen LogP contribution is 2.59. The van der Waals surface area contributed by atoms with E-state index in [-0.39, 0.29) is 113 Å². The van der Waals surface area contributed by atoms with E-state index in [1.807, 2.05) is 0 Å². The highest BCUT2D eigenvalue weighted by Gasteiger charge is 2.84. The molecule has 3 aromatic carbocycles. The third-order valence-electron chi connectivity index (χ3n) is 22.9. The second-order valence-electron chi connectivity index (χ2n) is 33.8. The SMILES string of the molecule is OCC(O)COc1ccc(-c2ccc(-c3ccc(OCC(O)CO)c(OCC(CCCCCCCCCCCC(F)(F)C(F)(F)C(F)(F)C(F)(F)F)CCCCCCCCCCCC(F)(F)C(F)(F)C(F)(F)C(F)(F)F)c3)cc2)cc1OCC(CCCCCCCCCCCC(F)(F)C(F)(F)C(F)(F)C(F)(F)F)CCCCCCCCCCCC(F)(F)C(F)(F)C(F)(F)C(F)(F)F. The van der Waals surface area contributed by atoms with Gasteiger partial charge in [0.05, 0.1) is 26.4 Å². The molecular weight excluding hydrogens is 1870 g/mol. The van der Waals surface area contributed by atoms with Gasteiger partial charge in [-0.25, -0.2) is 0 Å². The van der Waals surface area contributed by atoms with Gasteiger partial charge in [0.2, 0.25) is 0 Å². The van der Waals surface area contributed by atoms with Crippen molar-refractivity contribution in [1.29, 1.82) is 0 Å². The lowest BCUT2D eigenvalue weighted by atomic mass is 9.94. The number of aliphatic hydroxyl groups excluding tert-OH is 4. The quantitative estimate of drug-likeness (QED) is 0.0326. The van der Waals surface area contributed by atoms with Crippen LogP contribution in [0.4, 0.5) is 158 Å². The minimum Gasteiger partial charge on any atom is -0.489 e. The van der Waals surface area contributed by atoms with Crippen LogP contribution in [0.15, 0.2) is 60.7 Å². The van der Waals surface area contributed by atoms with Gasteiger partial charge in [-0.05, 0) is 110 Å². The summed E-state index contributed by atoms with van der Waals surface area (Å²) in [7, 11) is 0. The molecule has 0 aromatic heterocycles. The lowest BCUT2D eigenvalue weighted by molar-refractivity contribution is -0.396. The highest BCUT2D eigenvalue weighted by molar-refractivity contribution is 5.73. The second kappa shape index (κ2) is 53.4. The molecule has 0 amide bonds. The Labute approximate surface area is 743 Å². The second-order valence-corrected chi connectivity index (χ2v) is 33.8. The Kier molecular flexibility index (Phi) is 48.7. The van der Waals surface area contributed by atoms with E-state index in [2.05, 4.69) is 0 Å². The van der Waals surface area contributed by atoms with E-state index in [1.165, 1.54) is 0 Å². The Balaban J connectivity index is 1.83. The number of hydrogen-bond acceptors (Lipinski definition) is 8. The highest BCUT2D eigenvalue weighted by atomic mass is 19.5. The van der Waals surface area contributed by atoms with Gasteiger partial charge in [0.1, 0.15) is 25.4 Å². The topological polar surface area (TPSA) is 118 Å². The van der Waals surface area contributed by atoms with Gasteiger partial charge in [-0.3, -0.25) is 0 Å². The van der Waals surface area contributed by atoms with Gasteiger partial charge in [0.25, 0.3) is 0 Å². The minimum atomic E-state index is -6.98. The number of halogens is 36. The fourth-order valence-corrected chi connectivity index (χ4v) is 14.5. The van der Waals surface area contributed by atoms with Crippen molar-refractivity contribution >= 4 is 0 Å². The van der Waals surface area contributed by atoms with Gasteiger partial charge in [0, 0.05) is 25.7 Å². The fraction of sp³-hybridized carbons (Fsp3) is 0.795. The maximum Gasteiger partial charge on any atom is 0.460 e. The molecular formula is C88H118F36O8. The van der Waals surface area contributed by atoms with Crippen molar-refractivity contribution in [1.82, 2.24) is 0 Å². The average molecular weight is 1990 g/mol. The van der Waals surface area contributed by atoms with Crippen LogP contribution in [0, 0.1) is 11.8 Å². The summed E-state index contributed by atoms with van der Waals surface area (Å²) in [5, 5.41) is 39.8. The Morgan fingerprint density at radius 1 is 0.197 bits per heavy atom. The molecule has 4 N–H and O–H groups in total. The van der Waals surface area contributed by atoms with E-state index in [0.29, 0.717) is 202 Å². The Bertz CT molecular complexity index is 3290. The lowest BCUT2D eigenvalue weighted by Crippen LogP contribution is -2.60. The molecule has 0 bridgehead atoms. The molecule has 0 radical (unpaired) electrons. The van der Waals surface area contributed by atoms with Crippen molar-refractivity contribution in [3.8, 4) is 45.3 Å². The van der Waals surface area contributed by atoms with Crippen molar-refractivity contribution in [2.24, 2.45) is 11.8 Å². The van der Waals surface area contributed by atoms with Crippen LogP contribution < -0.4 is 18.9 Å². The largest absolute Gasteiger partial charge is 0.489 e. The molecule has 0 aliphatic heterocycles. The molecule has 8 nitrogen and oxygen atoms in total. The molecule has 132 heavy (non-hydrogen) atoms. The van der Waals surface area contributed by atoms with Crippen molar-refractivity contribution in [3.63, 3.8) is 0 Å². The predicted molar refractivity (Wildman–Crippen MR) is 419 cm³/mol. The molecule has 2 atom stereocenters. The number of aliphatic hydroxyl groups is 4. The van der Waals surface area contributed by atoms with Crippen molar-refractivity contribution in [2.75, 3.05) is 39.6 Å². The standard InChI is InChI=1S/C88H118F36O8/c89-73(90,77(97,98)81(105,106)85(113,114)115)49-33-25-17-9-1-5-13-21-29-37-61(38-30-22-14-6-2-10-18-26-34-50-74(91,92)78(99,100)82(107,108)86(116,117)118)57-129-71-53-65(45-47-69(71)131-59-67(127)55-125)63-41-43-64(44-42-63)66-46-48-70(132-60-68(128)56-126)72(54-66)130-58-62(39-31-23-15-7-3-11-19-27-35-51-75(93,94)79(101,102)83(109,110)87(119,120)121)40-32-24-16-8-4-12-20-28-36-52-76(95,96)80(103,104)84(111,112)88(122,123)124/h41-48,53-54,61-62,67-68,125-128H,1-40,49-52,55-60H2. The monoisotopic (exact) mass is 1990 g/mol. The molecule has 2 unspecified atom stereocenters. The van der Waals surface area contributed by atoms with E-state index in [9.17, 15) is 178 Å². The first-order valence-electron chi connectivity index (χ1n) is 44.2. The molecule has 0 saturated carbocycles. The van der Waals surface area contributed by atoms with E-state index in [1.54, 1.807) is 60.7 Å². The summed E-state index contributed by atoms with van der Waals surface area (Å²) in [4.78, 5) is 0. The third-order valence-corrected chi connectivity index (χ3v) is 22.9. The van der Waals surface area contributed by atoms with E-state index in [4.69, 9.17) is 18.9 Å². The summed E-state index contributed by atoms with van der Waals surface area (Å²) < 4.78 is 504. The molecule has 0 spiro atoms. The molecule has 0 aliphatic carbocycles. The van der Waals surface area contributed by atoms with E-state index < -0.39 is 173 Å². The van der Waals surface area contributed by atoms with Gasteiger partial charge in [0.15, 0.2) is 23.0 Å². The van der Waals surface area contributed by atoms with Crippen LogP contribution in [0.1, 0.15) is 283 Å². The molecule has 0 fully saturated rings. The van der Waals surface area contributed by atoms with Gasteiger partial charge in [-0.15, -0.1) is 0 Å². The molecule has 0 saturated heterocycles. The average Bonchev–Trinajstić information content (AvgIpc) is 0.758. The van der Waals surface area contributed by atoms with E-state index >= 15 is 0 Å². The summed E-state index contributed by atoms with van der Waals surface area (Å²) in [5.41, 5.74) is 2.44. The van der Waals surface area contributed by atoms with Gasteiger partial charge in [-0.1, -0.05) is 242 Å². The smallest absolute Gasteiger partial charge is 0.460 e. The van der Waals surface area contributed by atoms with Crippen LogP contribution in [-0.4, -0.2) is 168 Å². The zero-order chi connectivity index (χ0) is 100.